The van der Waals surface area contributed by atoms with Crippen molar-refractivity contribution in [3.8, 4) is 5.75 Å². The minimum absolute atomic E-state index is 0.0506. The number of hydrogen-bond donors (Lipinski definition) is 1. The SMILES string of the molecule is CC(=O)c1ccc(OCC(=O)OCC(=O)Nc2ccccc2)cc1. The molecule has 0 aliphatic rings. The lowest BCUT2D eigenvalue weighted by molar-refractivity contribution is -0.149. The molecule has 0 saturated carbocycles. The Morgan fingerprint density at radius 2 is 1.58 bits per heavy atom. The van der Waals surface area contributed by atoms with Crippen molar-refractivity contribution in [2.24, 2.45) is 0 Å². The number of anilines is 1. The molecule has 1 amide bonds. The number of carbonyl (C=O) groups excluding carboxylic acids is 3. The third-order valence-electron chi connectivity index (χ3n) is 3.04. The molecule has 1 N–H and O–H groups in total. The van der Waals surface area contributed by atoms with Crippen molar-refractivity contribution >= 4 is 23.3 Å². The van der Waals surface area contributed by atoms with E-state index in [1.165, 1.54) is 6.92 Å². The second kappa shape index (κ2) is 8.47. The molecule has 0 aliphatic heterocycles. The predicted molar refractivity (Wildman–Crippen MR) is 88.0 cm³/mol. The quantitative estimate of drug-likeness (QED) is 0.624. The number of ketones is 1. The van der Waals surface area contributed by atoms with Crippen molar-refractivity contribution in [2.75, 3.05) is 18.5 Å². The number of carbonyl (C=O) groups is 3. The van der Waals surface area contributed by atoms with Gasteiger partial charge >= 0.3 is 5.97 Å². The van der Waals surface area contributed by atoms with Crippen LogP contribution in [0.2, 0.25) is 0 Å². The van der Waals surface area contributed by atoms with Gasteiger partial charge in [-0.05, 0) is 43.3 Å². The van der Waals surface area contributed by atoms with Crippen LogP contribution < -0.4 is 10.1 Å². The Labute approximate surface area is 139 Å². The molecule has 0 atom stereocenters. The number of ether oxygens (including phenoxy) is 2. The second-order valence-corrected chi connectivity index (χ2v) is 4.94. The maximum absolute atomic E-state index is 11.6. The lowest BCUT2D eigenvalue weighted by Gasteiger charge is -2.08. The summed E-state index contributed by atoms with van der Waals surface area (Å²) < 4.78 is 10.1. The zero-order valence-corrected chi connectivity index (χ0v) is 13.2. The molecule has 0 fully saturated rings. The van der Waals surface area contributed by atoms with Gasteiger partial charge < -0.3 is 14.8 Å². The van der Waals surface area contributed by atoms with E-state index in [2.05, 4.69) is 5.32 Å². The molecule has 0 aromatic heterocycles. The van der Waals surface area contributed by atoms with Gasteiger partial charge in [-0.1, -0.05) is 18.2 Å². The lowest BCUT2D eigenvalue weighted by atomic mass is 10.1. The highest BCUT2D eigenvalue weighted by atomic mass is 16.6. The van der Waals surface area contributed by atoms with Crippen LogP contribution in [-0.2, 0) is 14.3 Å². The van der Waals surface area contributed by atoms with E-state index in [1.807, 2.05) is 6.07 Å². The zero-order valence-electron chi connectivity index (χ0n) is 13.2. The first kappa shape index (κ1) is 17.2. The largest absolute Gasteiger partial charge is 0.482 e. The smallest absolute Gasteiger partial charge is 0.344 e. The van der Waals surface area contributed by atoms with E-state index in [4.69, 9.17) is 9.47 Å². The number of esters is 1. The molecule has 0 bridgehead atoms. The summed E-state index contributed by atoms with van der Waals surface area (Å²) >= 11 is 0. The van der Waals surface area contributed by atoms with Gasteiger partial charge in [0.05, 0.1) is 0 Å². The molecule has 0 unspecified atom stereocenters. The van der Waals surface area contributed by atoms with Gasteiger partial charge in [0.15, 0.2) is 19.0 Å². The van der Waals surface area contributed by atoms with Crippen LogP contribution in [0.15, 0.2) is 54.6 Å². The zero-order chi connectivity index (χ0) is 17.4. The van der Waals surface area contributed by atoms with Crippen LogP contribution in [0.25, 0.3) is 0 Å². The molecule has 0 saturated heterocycles. The molecule has 0 heterocycles. The minimum Gasteiger partial charge on any atom is -0.482 e. The normalized spacial score (nSPS) is 9.88. The fourth-order valence-corrected chi connectivity index (χ4v) is 1.83. The number of benzene rings is 2. The summed E-state index contributed by atoms with van der Waals surface area (Å²) in [5, 5.41) is 2.60. The summed E-state index contributed by atoms with van der Waals surface area (Å²) in [5.41, 5.74) is 1.18. The Morgan fingerprint density at radius 3 is 2.21 bits per heavy atom. The third-order valence-corrected chi connectivity index (χ3v) is 3.04. The molecular formula is C18H17NO5. The first-order chi connectivity index (χ1) is 11.5. The van der Waals surface area contributed by atoms with Crippen molar-refractivity contribution in [3.63, 3.8) is 0 Å². The summed E-state index contributed by atoms with van der Waals surface area (Å²) in [5.74, 6) is -0.703. The predicted octanol–water partition coefficient (Wildman–Crippen LogP) is 2.45. The Hall–Kier alpha value is -3.15. The number of para-hydroxylation sites is 1. The first-order valence-electron chi connectivity index (χ1n) is 7.29. The van der Waals surface area contributed by atoms with Gasteiger partial charge in [-0.25, -0.2) is 4.79 Å². The van der Waals surface area contributed by atoms with Crippen molar-refractivity contribution in [1.82, 2.24) is 0 Å². The van der Waals surface area contributed by atoms with Crippen molar-refractivity contribution in [2.45, 2.75) is 6.92 Å². The molecular weight excluding hydrogens is 310 g/mol. The van der Waals surface area contributed by atoms with E-state index in [0.717, 1.165) is 0 Å². The number of rotatable bonds is 7. The van der Waals surface area contributed by atoms with Crippen LogP contribution in [0, 0.1) is 0 Å². The Morgan fingerprint density at radius 1 is 0.917 bits per heavy atom. The van der Waals surface area contributed by atoms with Crippen LogP contribution in [-0.4, -0.2) is 30.9 Å². The minimum atomic E-state index is -0.658. The molecule has 2 aromatic rings. The van der Waals surface area contributed by atoms with Crippen LogP contribution >= 0.6 is 0 Å². The number of hydrogen-bond acceptors (Lipinski definition) is 5. The van der Waals surface area contributed by atoms with Gasteiger partial charge in [0.1, 0.15) is 5.75 Å². The highest BCUT2D eigenvalue weighted by Gasteiger charge is 2.09. The number of Topliss-reactive ketones (excluding diaryl/α,β-unsaturated/α-hetero) is 1. The highest BCUT2D eigenvalue weighted by molar-refractivity contribution is 5.94. The fraction of sp³-hybridized carbons (Fsp3) is 0.167. The van der Waals surface area contributed by atoms with E-state index in [9.17, 15) is 14.4 Å². The molecule has 2 rings (SSSR count). The first-order valence-corrected chi connectivity index (χ1v) is 7.29. The van der Waals surface area contributed by atoms with E-state index < -0.39 is 11.9 Å². The molecule has 124 valence electrons. The summed E-state index contributed by atoms with van der Waals surface area (Å²) in [4.78, 5) is 34.3. The summed E-state index contributed by atoms with van der Waals surface area (Å²) in [6, 6.07) is 15.3. The molecule has 6 heteroatoms. The van der Waals surface area contributed by atoms with Crippen LogP contribution in [0.5, 0.6) is 5.75 Å². The fourth-order valence-electron chi connectivity index (χ4n) is 1.83. The van der Waals surface area contributed by atoms with E-state index >= 15 is 0 Å². The summed E-state index contributed by atoms with van der Waals surface area (Å²) in [6.45, 7) is 0.756. The van der Waals surface area contributed by atoms with E-state index in [1.54, 1.807) is 48.5 Å². The summed E-state index contributed by atoms with van der Waals surface area (Å²) in [6.07, 6.45) is 0. The topological polar surface area (TPSA) is 81.7 Å². The van der Waals surface area contributed by atoms with Crippen molar-refractivity contribution < 1.29 is 23.9 Å². The molecule has 0 spiro atoms. The van der Waals surface area contributed by atoms with Crippen LogP contribution in [0.4, 0.5) is 5.69 Å². The summed E-state index contributed by atoms with van der Waals surface area (Å²) in [7, 11) is 0. The second-order valence-electron chi connectivity index (χ2n) is 4.94. The van der Waals surface area contributed by atoms with Gasteiger partial charge in [-0.3, -0.25) is 9.59 Å². The highest BCUT2D eigenvalue weighted by Crippen LogP contribution is 2.12. The van der Waals surface area contributed by atoms with E-state index in [0.29, 0.717) is 17.0 Å². The molecule has 0 radical (unpaired) electrons. The molecule has 0 aliphatic carbocycles. The number of amides is 1. The van der Waals surface area contributed by atoms with Gasteiger partial charge in [0.25, 0.3) is 5.91 Å². The van der Waals surface area contributed by atoms with E-state index in [-0.39, 0.29) is 19.0 Å². The Bertz CT molecular complexity index is 710. The molecule has 2 aromatic carbocycles. The molecule has 6 nitrogen and oxygen atoms in total. The van der Waals surface area contributed by atoms with Gasteiger partial charge in [-0.15, -0.1) is 0 Å². The Balaban J connectivity index is 1.71. The monoisotopic (exact) mass is 327 g/mol. The standard InChI is InChI=1S/C18H17NO5/c1-13(20)14-7-9-16(10-8-14)23-12-18(22)24-11-17(21)19-15-5-3-2-4-6-15/h2-10H,11-12H2,1H3,(H,19,21). The average molecular weight is 327 g/mol. The maximum atomic E-state index is 11.6. The lowest BCUT2D eigenvalue weighted by Crippen LogP contribution is -2.23. The van der Waals surface area contributed by atoms with Crippen LogP contribution in [0.1, 0.15) is 17.3 Å². The van der Waals surface area contributed by atoms with Gasteiger partial charge in [-0.2, -0.15) is 0 Å². The average Bonchev–Trinajstić information content (AvgIpc) is 2.59. The van der Waals surface area contributed by atoms with Crippen LogP contribution in [0.3, 0.4) is 0 Å². The number of nitrogens with one attached hydrogen (secondary N) is 1. The van der Waals surface area contributed by atoms with Gasteiger partial charge in [0, 0.05) is 11.3 Å². The van der Waals surface area contributed by atoms with Crippen molar-refractivity contribution in [1.29, 1.82) is 0 Å². The van der Waals surface area contributed by atoms with Crippen molar-refractivity contribution in [3.05, 3.63) is 60.2 Å². The van der Waals surface area contributed by atoms with Gasteiger partial charge in [0.2, 0.25) is 0 Å². The third kappa shape index (κ3) is 5.57. The Kier molecular flexibility index (Phi) is 6.08. The molecule has 24 heavy (non-hydrogen) atoms. The maximum Gasteiger partial charge on any atom is 0.344 e.